The monoisotopic (exact) mass is 216 g/mol. The molecule has 0 aliphatic heterocycles. The number of nitrogens with two attached hydrogens (primary N) is 1. The van der Waals surface area contributed by atoms with Crippen molar-refractivity contribution in [3.8, 4) is 0 Å². The molecule has 0 rings (SSSR count). The normalized spacial score (nSPS) is 10.5. The molecule has 0 aromatic carbocycles. The van der Waals surface area contributed by atoms with Gasteiger partial charge < -0.3 is 15.2 Å². The van der Waals surface area contributed by atoms with E-state index in [-0.39, 0.29) is 5.84 Å². The summed E-state index contributed by atoms with van der Waals surface area (Å²) in [7, 11) is 0. The Morgan fingerprint density at radius 3 is 2.13 bits per heavy atom. The van der Waals surface area contributed by atoms with Crippen LogP contribution in [-0.2, 0) is 9.47 Å². The van der Waals surface area contributed by atoms with Gasteiger partial charge in [-0.2, -0.15) is 0 Å². The van der Waals surface area contributed by atoms with Gasteiger partial charge in [-0.3, -0.25) is 5.41 Å². The third kappa shape index (κ3) is 13.4. The Kier molecular flexibility index (Phi) is 11.0. The van der Waals surface area contributed by atoms with Crippen LogP contribution in [0.25, 0.3) is 0 Å². The molecule has 0 atom stereocenters. The molecule has 0 aliphatic carbocycles. The standard InChI is InChI=1S/C11H24N2O2/c1-2-3-7-14-9-10-15-8-5-4-6-11(12)13/h2-10H2,1H3,(H3,12,13). The van der Waals surface area contributed by atoms with Crippen molar-refractivity contribution in [3.63, 3.8) is 0 Å². The highest BCUT2D eigenvalue weighted by Gasteiger charge is 1.92. The summed E-state index contributed by atoms with van der Waals surface area (Å²) in [6.07, 6.45) is 4.88. The van der Waals surface area contributed by atoms with Crippen LogP contribution in [0.1, 0.15) is 39.0 Å². The number of amidine groups is 1. The van der Waals surface area contributed by atoms with Gasteiger partial charge in [0.05, 0.1) is 19.0 Å². The molecule has 0 heterocycles. The Morgan fingerprint density at radius 2 is 1.60 bits per heavy atom. The average Bonchev–Trinajstić information content (AvgIpc) is 2.20. The van der Waals surface area contributed by atoms with Crippen molar-refractivity contribution >= 4 is 5.84 Å². The lowest BCUT2D eigenvalue weighted by Crippen LogP contribution is -2.10. The van der Waals surface area contributed by atoms with E-state index in [0.717, 1.165) is 32.5 Å². The van der Waals surface area contributed by atoms with E-state index in [1.54, 1.807) is 0 Å². The van der Waals surface area contributed by atoms with Gasteiger partial charge in [0.15, 0.2) is 0 Å². The molecule has 0 aromatic rings. The van der Waals surface area contributed by atoms with Crippen LogP contribution in [-0.4, -0.2) is 32.3 Å². The van der Waals surface area contributed by atoms with Crippen LogP contribution >= 0.6 is 0 Å². The summed E-state index contributed by atoms with van der Waals surface area (Å²) in [5, 5.41) is 7.02. The third-order valence-corrected chi connectivity index (χ3v) is 2.00. The maximum atomic E-state index is 7.02. The molecule has 0 saturated heterocycles. The number of hydrogen-bond donors (Lipinski definition) is 2. The number of hydrogen-bond acceptors (Lipinski definition) is 3. The minimum Gasteiger partial charge on any atom is -0.388 e. The minimum atomic E-state index is 0.262. The maximum absolute atomic E-state index is 7.02. The van der Waals surface area contributed by atoms with E-state index in [9.17, 15) is 0 Å². The molecular weight excluding hydrogens is 192 g/mol. The highest BCUT2D eigenvalue weighted by Crippen LogP contribution is 1.95. The third-order valence-electron chi connectivity index (χ3n) is 2.00. The van der Waals surface area contributed by atoms with E-state index >= 15 is 0 Å². The summed E-state index contributed by atoms with van der Waals surface area (Å²) in [5.74, 6) is 0.262. The summed E-state index contributed by atoms with van der Waals surface area (Å²) < 4.78 is 10.7. The minimum absolute atomic E-state index is 0.262. The summed E-state index contributed by atoms with van der Waals surface area (Å²) in [6.45, 7) is 5.08. The van der Waals surface area contributed by atoms with Crippen LogP contribution in [0, 0.1) is 5.41 Å². The molecule has 0 amide bonds. The molecular formula is C11H24N2O2. The molecule has 4 heteroatoms. The number of nitrogens with one attached hydrogen (secondary N) is 1. The van der Waals surface area contributed by atoms with Gasteiger partial charge in [-0.25, -0.2) is 0 Å². The van der Waals surface area contributed by atoms with E-state index in [4.69, 9.17) is 20.6 Å². The Hall–Kier alpha value is -0.610. The molecule has 0 fully saturated rings. The van der Waals surface area contributed by atoms with Crippen molar-refractivity contribution in [1.82, 2.24) is 0 Å². The van der Waals surface area contributed by atoms with E-state index in [0.29, 0.717) is 19.6 Å². The quantitative estimate of drug-likeness (QED) is 0.315. The summed E-state index contributed by atoms with van der Waals surface area (Å²) in [5.41, 5.74) is 5.22. The van der Waals surface area contributed by atoms with Gasteiger partial charge in [-0.1, -0.05) is 13.3 Å². The molecule has 0 unspecified atom stereocenters. The van der Waals surface area contributed by atoms with Gasteiger partial charge in [0.25, 0.3) is 0 Å². The van der Waals surface area contributed by atoms with Crippen molar-refractivity contribution in [2.45, 2.75) is 39.0 Å². The van der Waals surface area contributed by atoms with Crippen molar-refractivity contribution in [2.75, 3.05) is 26.4 Å². The van der Waals surface area contributed by atoms with Gasteiger partial charge in [-0.05, 0) is 19.3 Å². The van der Waals surface area contributed by atoms with Gasteiger partial charge in [-0.15, -0.1) is 0 Å². The zero-order valence-electron chi connectivity index (χ0n) is 9.76. The van der Waals surface area contributed by atoms with Crippen LogP contribution in [0.2, 0.25) is 0 Å². The highest BCUT2D eigenvalue weighted by atomic mass is 16.5. The fourth-order valence-electron chi connectivity index (χ4n) is 1.09. The fourth-order valence-corrected chi connectivity index (χ4v) is 1.09. The summed E-state index contributed by atoms with van der Waals surface area (Å²) >= 11 is 0. The maximum Gasteiger partial charge on any atom is 0.0905 e. The predicted octanol–water partition coefficient (Wildman–Crippen LogP) is 1.93. The van der Waals surface area contributed by atoms with Crippen molar-refractivity contribution < 1.29 is 9.47 Å². The van der Waals surface area contributed by atoms with E-state index < -0.39 is 0 Å². The lowest BCUT2D eigenvalue weighted by atomic mass is 10.2. The second-order valence-electron chi connectivity index (χ2n) is 3.56. The van der Waals surface area contributed by atoms with Gasteiger partial charge in [0.2, 0.25) is 0 Å². The Labute approximate surface area is 92.6 Å². The Balaban J connectivity index is 2.89. The van der Waals surface area contributed by atoms with Gasteiger partial charge in [0.1, 0.15) is 0 Å². The zero-order chi connectivity index (χ0) is 11.4. The van der Waals surface area contributed by atoms with Crippen LogP contribution in [0.3, 0.4) is 0 Å². The fraction of sp³-hybridized carbons (Fsp3) is 0.909. The zero-order valence-corrected chi connectivity index (χ0v) is 9.76. The van der Waals surface area contributed by atoms with Crippen LogP contribution < -0.4 is 5.73 Å². The highest BCUT2D eigenvalue weighted by molar-refractivity contribution is 5.76. The van der Waals surface area contributed by atoms with E-state index in [1.807, 2.05) is 0 Å². The largest absolute Gasteiger partial charge is 0.388 e. The average molecular weight is 216 g/mol. The van der Waals surface area contributed by atoms with Gasteiger partial charge >= 0.3 is 0 Å². The van der Waals surface area contributed by atoms with Crippen molar-refractivity contribution in [2.24, 2.45) is 5.73 Å². The molecule has 90 valence electrons. The van der Waals surface area contributed by atoms with Gasteiger partial charge in [0, 0.05) is 19.6 Å². The molecule has 0 aliphatic rings. The van der Waals surface area contributed by atoms with Crippen LogP contribution in [0.15, 0.2) is 0 Å². The molecule has 0 bridgehead atoms. The SMILES string of the molecule is CCCCOCCOCCCCC(=N)N. The molecule has 4 nitrogen and oxygen atoms in total. The number of rotatable bonds is 11. The lowest BCUT2D eigenvalue weighted by molar-refractivity contribution is 0.0455. The molecule has 0 radical (unpaired) electrons. The van der Waals surface area contributed by atoms with Crippen LogP contribution in [0.5, 0.6) is 0 Å². The first-order valence-corrected chi connectivity index (χ1v) is 5.75. The number of unbranched alkanes of at least 4 members (excludes halogenated alkanes) is 2. The molecule has 0 saturated carbocycles. The summed E-state index contributed by atoms with van der Waals surface area (Å²) in [6, 6.07) is 0. The second kappa shape index (κ2) is 11.5. The molecule has 0 aromatic heterocycles. The first-order chi connectivity index (χ1) is 7.27. The van der Waals surface area contributed by atoms with Crippen molar-refractivity contribution in [3.05, 3.63) is 0 Å². The topological polar surface area (TPSA) is 68.3 Å². The Bertz CT molecular complexity index is 152. The summed E-state index contributed by atoms with van der Waals surface area (Å²) in [4.78, 5) is 0. The first-order valence-electron chi connectivity index (χ1n) is 5.75. The first kappa shape index (κ1) is 14.4. The smallest absolute Gasteiger partial charge is 0.0905 e. The second-order valence-corrected chi connectivity index (χ2v) is 3.56. The molecule has 15 heavy (non-hydrogen) atoms. The lowest BCUT2D eigenvalue weighted by Gasteiger charge is -2.05. The number of ether oxygens (including phenoxy) is 2. The molecule has 3 N–H and O–H groups in total. The van der Waals surface area contributed by atoms with Crippen molar-refractivity contribution in [1.29, 1.82) is 5.41 Å². The Morgan fingerprint density at radius 1 is 1.00 bits per heavy atom. The van der Waals surface area contributed by atoms with E-state index in [1.165, 1.54) is 6.42 Å². The van der Waals surface area contributed by atoms with Crippen LogP contribution in [0.4, 0.5) is 0 Å². The predicted molar refractivity (Wildman–Crippen MR) is 62.3 cm³/mol. The molecule has 0 spiro atoms. The van der Waals surface area contributed by atoms with E-state index in [2.05, 4.69) is 6.92 Å².